The maximum atomic E-state index is 4.53. The fraction of sp³-hybridized carbons (Fsp3) is 0.150. The average Bonchev–Trinajstić information content (AvgIpc) is 2.57. The highest BCUT2D eigenvalue weighted by Crippen LogP contribution is 2.21. The van der Waals surface area contributed by atoms with Crippen LogP contribution in [0.25, 0.3) is 10.8 Å². The maximum Gasteiger partial charge on any atom is 0.0482 e. The molecular weight excluding hydrogens is 414 g/mol. The van der Waals surface area contributed by atoms with Gasteiger partial charge in [-0.15, -0.1) is 0 Å². The summed E-state index contributed by atoms with van der Waals surface area (Å²) in [5, 5.41) is 2.50. The lowest BCUT2D eigenvalue weighted by atomic mass is 10.1. The van der Waals surface area contributed by atoms with Crippen LogP contribution in [-0.2, 0) is 6.42 Å². The van der Waals surface area contributed by atoms with Crippen LogP contribution in [0.2, 0.25) is 0 Å². The van der Waals surface area contributed by atoms with Crippen molar-refractivity contribution < 1.29 is 0 Å². The predicted octanol–water partition coefficient (Wildman–Crippen LogP) is 6.13. The largest absolute Gasteiger partial charge is 0.261 e. The zero-order chi connectivity index (χ0) is 16.1. The number of unbranched alkanes of at least 4 members (excludes halogenated alkanes) is 1. The molecule has 0 aliphatic carbocycles. The smallest absolute Gasteiger partial charge is 0.0482 e. The lowest BCUT2D eigenvalue weighted by Crippen LogP contribution is -1.91. The summed E-state index contributed by atoms with van der Waals surface area (Å²) in [6.45, 7) is 0. The standard InChI is InChI=1S/C20H15Br2N/c21-17-10-11-19(22)16(14-17)7-2-1-3-9-20-18-8-5-4-6-15(18)12-13-23-20/h4-6,8,10-14H,1,3,9H2. The number of aryl methyl sites for hydroxylation is 1. The van der Waals surface area contributed by atoms with Gasteiger partial charge in [0.2, 0.25) is 0 Å². The van der Waals surface area contributed by atoms with Crippen molar-refractivity contribution in [2.45, 2.75) is 19.3 Å². The van der Waals surface area contributed by atoms with Crippen molar-refractivity contribution in [3.8, 4) is 11.8 Å². The van der Waals surface area contributed by atoms with E-state index in [9.17, 15) is 0 Å². The van der Waals surface area contributed by atoms with Gasteiger partial charge in [-0.2, -0.15) is 0 Å². The molecule has 3 rings (SSSR count). The number of halogens is 2. The molecule has 1 aromatic heterocycles. The van der Waals surface area contributed by atoms with Crippen LogP contribution in [0.5, 0.6) is 0 Å². The van der Waals surface area contributed by atoms with Gasteiger partial charge in [-0.25, -0.2) is 0 Å². The first-order valence-corrected chi connectivity index (χ1v) is 9.09. The van der Waals surface area contributed by atoms with E-state index in [0.29, 0.717) is 0 Å². The number of pyridine rings is 1. The molecule has 1 nitrogen and oxygen atoms in total. The van der Waals surface area contributed by atoms with Crippen LogP contribution in [-0.4, -0.2) is 4.98 Å². The van der Waals surface area contributed by atoms with E-state index >= 15 is 0 Å². The second-order valence-corrected chi connectivity index (χ2v) is 7.03. The third-order valence-electron chi connectivity index (χ3n) is 3.62. The Morgan fingerprint density at radius 2 is 1.87 bits per heavy atom. The summed E-state index contributed by atoms with van der Waals surface area (Å²) in [5.41, 5.74) is 2.18. The summed E-state index contributed by atoms with van der Waals surface area (Å²) < 4.78 is 2.08. The zero-order valence-electron chi connectivity index (χ0n) is 12.5. The van der Waals surface area contributed by atoms with E-state index in [1.54, 1.807) is 0 Å². The fourth-order valence-electron chi connectivity index (χ4n) is 2.48. The molecule has 23 heavy (non-hydrogen) atoms. The molecule has 0 spiro atoms. The van der Waals surface area contributed by atoms with Crippen molar-refractivity contribution in [1.82, 2.24) is 4.98 Å². The topological polar surface area (TPSA) is 12.9 Å². The number of rotatable bonds is 3. The molecule has 0 saturated heterocycles. The molecule has 3 aromatic rings. The molecule has 0 N–H and O–H groups in total. The van der Waals surface area contributed by atoms with Crippen molar-refractivity contribution in [3.05, 3.63) is 74.9 Å². The number of fused-ring (bicyclic) bond motifs is 1. The van der Waals surface area contributed by atoms with Gasteiger partial charge in [0.05, 0.1) is 0 Å². The Hall–Kier alpha value is -1.63. The summed E-state index contributed by atoms with van der Waals surface area (Å²) in [7, 11) is 0. The van der Waals surface area contributed by atoms with Gasteiger partial charge < -0.3 is 0 Å². The van der Waals surface area contributed by atoms with Gasteiger partial charge in [0.1, 0.15) is 0 Å². The molecule has 2 aromatic carbocycles. The van der Waals surface area contributed by atoms with E-state index in [1.807, 2.05) is 24.4 Å². The highest BCUT2D eigenvalue weighted by Gasteiger charge is 2.01. The predicted molar refractivity (Wildman–Crippen MR) is 103 cm³/mol. The van der Waals surface area contributed by atoms with Crippen molar-refractivity contribution in [2.75, 3.05) is 0 Å². The van der Waals surface area contributed by atoms with Crippen LogP contribution in [0.4, 0.5) is 0 Å². The van der Waals surface area contributed by atoms with Gasteiger partial charge in [0.25, 0.3) is 0 Å². The highest BCUT2D eigenvalue weighted by molar-refractivity contribution is 9.11. The lowest BCUT2D eigenvalue weighted by molar-refractivity contribution is 0.838. The number of aromatic nitrogens is 1. The molecule has 114 valence electrons. The molecule has 0 atom stereocenters. The van der Waals surface area contributed by atoms with Crippen LogP contribution in [0.3, 0.4) is 0 Å². The minimum atomic E-state index is 0.865. The Morgan fingerprint density at radius 1 is 1.00 bits per heavy atom. The normalized spacial score (nSPS) is 10.3. The first-order chi connectivity index (χ1) is 11.2. The second kappa shape index (κ2) is 7.77. The molecule has 1 heterocycles. The molecule has 0 amide bonds. The molecule has 0 unspecified atom stereocenters. The minimum absolute atomic E-state index is 0.865. The van der Waals surface area contributed by atoms with Crippen LogP contribution in [0.15, 0.2) is 63.7 Å². The molecule has 0 fully saturated rings. The number of benzene rings is 2. The van der Waals surface area contributed by atoms with Crippen molar-refractivity contribution in [1.29, 1.82) is 0 Å². The van der Waals surface area contributed by atoms with E-state index in [0.717, 1.165) is 39.5 Å². The zero-order valence-corrected chi connectivity index (χ0v) is 15.7. The van der Waals surface area contributed by atoms with Gasteiger partial charge >= 0.3 is 0 Å². The quantitative estimate of drug-likeness (QED) is 0.361. The Bertz CT molecular complexity index is 886. The molecule has 0 saturated carbocycles. The summed E-state index contributed by atoms with van der Waals surface area (Å²) >= 11 is 7.01. The minimum Gasteiger partial charge on any atom is -0.261 e. The van der Waals surface area contributed by atoms with Gasteiger partial charge in [-0.1, -0.05) is 52.0 Å². The van der Waals surface area contributed by atoms with Crippen molar-refractivity contribution >= 4 is 42.6 Å². The number of hydrogen-bond donors (Lipinski definition) is 0. The van der Waals surface area contributed by atoms with E-state index in [2.05, 4.69) is 79.0 Å². The van der Waals surface area contributed by atoms with E-state index in [4.69, 9.17) is 0 Å². The lowest BCUT2D eigenvalue weighted by Gasteiger charge is -2.03. The van der Waals surface area contributed by atoms with Crippen LogP contribution < -0.4 is 0 Å². The second-order valence-electron chi connectivity index (χ2n) is 5.26. The average molecular weight is 429 g/mol. The fourth-order valence-corrected chi connectivity index (χ4v) is 3.18. The summed E-state index contributed by atoms with van der Waals surface area (Å²) in [6, 6.07) is 16.5. The number of nitrogens with zero attached hydrogens (tertiary/aromatic N) is 1. The Kier molecular flexibility index (Phi) is 5.48. The van der Waals surface area contributed by atoms with Crippen LogP contribution >= 0.6 is 31.9 Å². The van der Waals surface area contributed by atoms with Crippen LogP contribution in [0, 0.1) is 11.8 Å². The van der Waals surface area contributed by atoms with Gasteiger partial charge in [0.15, 0.2) is 0 Å². The Balaban J connectivity index is 1.64. The Labute approximate surface area is 153 Å². The molecule has 0 aliphatic heterocycles. The van der Waals surface area contributed by atoms with Crippen LogP contribution in [0.1, 0.15) is 24.1 Å². The molecule has 0 radical (unpaired) electrons. The molecular formula is C20H15Br2N. The van der Waals surface area contributed by atoms with Gasteiger partial charge in [0, 0.05) is 38.2 Å². The van der Waals surface area contributed by atoms with E-state index < -0.39 is 0 Å². The SMILES string of the molecule is Brc1ccc(Br)c(C#CCCCc2nccc3ccccc23)c1. The first kappa shape index (κ1) is 16.2. The molecule has 3 heteroatoms. The molecule has 0 aliphatic rings. The third-order valence-corrected chi connectivity index (χ3v) is 4.81. The third kappa shape index (κ3) is 4.22. The van der Waals surface area contributed by atoms with Crippen molar-refractivity contribution in [2.24, 2.45) is 0 Å². The highest BCUT2D eigenvalue weighted by atomic mass is 79.9. The summed E-state index contributed by atoms with van der Waals surface area (Å²) in [5.74, 6) is 6.49. The maximum absolute atomic E-state index is 4.53. The monoisotopic (exact) mass is 427 g/mol. The van der Waals surface area contributed by atoms with E-state index in [-0.39, 0.29) is 0 Å². The summed E-state index contributed by atoms with van der Waals surface area (Å²) in [4.78, 5) is 4.53. The first-order valence-electron chi connectivity index (χ1n) is 7.50. The molecule has 0 bridgehead atoms. The van der Waals surface area contributed by atoms with E-state index in [1.165, 1.54) is 10.8 Å². The Morgan fingerprint density at radius 3 is 2.78 bits per heavy atom. The van der Waals surface area contributed by atoms with Crippen molar-refractivity contribution in [3.63, 3.8) is 0 Å². The van der Waals surface area contributed by atoms with Gasteiger partial charge in [-0.3, -0.25) is 4.98 Å². The van der Waals surface area contributed by atoms with Gasteiger partial charge in [-0.05, 0) is 58.4 Å². The number of hydrogen-bond acceptors (Lipinski definition) is 1. The summed E-state index contributed by atoms with van der Waals surface area (Å²) in [6.07, 6.45) is 4.72.